The smallest absolute Gasteiger partial charge is 0.123 e. The van der Waals surface area contributed by atoms with Gasteiger partial charge in [-0.3, -0.25) is 0 Å². The zero-order valence-electron chi connectivity index (χ0n) is 10.3. The van der Waals surface area contributed by atoms with Crippen molar-refractivity contribution in [1.29, 1.82) is 0 Å². The van der Waals surface area contributed by atoms with E-state index in [2.05, 4.69) is 11.8 Å². The van der Waals surface area contributed by atoms with E-state index >= 15 is 0 Å². The summed E-state index contributed by atoms with van der Waals surface area (Å²) in [6, 6.07) is 6.44. The van der Waals surface area contributed by atoms with E-state index in [4.69, 9.17) is 0 Å². The van der Waals surface area contributed by atoms with Crippen molar-refractivity contribution in [2.75, 3.05) is 19.6 Å². The molecule has 0 aliphatic carbocycles. The van der Waals surface area contributed by atoms with E-state index in [1.54, 1.807) is 12.1 Å². The van der Waals surface area contributed by atoms with Crippen molar-refractivity contribution < 1.29 is 9.50 Å². The third-order valence-corrected chi connectivity index (χ3v) is 3.68. The molecule has 3 heteroatoms. The van der Waals surface area contributed by atoms with Gasteiger partial charge in [-0.15, -0.1) is 0 Å². The number of hydrogen-bond acceptors (Lipinski definition) is 2. The average molecular weight is 237 g/mol. The number of nitrogens with zero attached hydrogens (tertiary/aromatic N) is 1. The zero-order valence-corrected chi connectivity index (χ0v) is 10.3. The molecule has 0 radical (unpaired) electrons. The van der Waals surface area contributed by atoms with Crippen LogP contribution in [0.25, 0.3) is 0 Å². The summed E-state index contributed by atoms with van der Waals surface area (Å²) >= 11 is 0. The van der Waals surface area contributed by atoms with Crippen LogP contribution in [0.1, 0.15) is 25.3 Å². The fourth-order valence-corrected chi connectivity index (χ4v) is 2.44. The Morgan fingerprint density at radius 2 is 1.82 bits per heavy atom. The molecule has 2 rings (SSSR count). The van der Waals surface area contributed by atoms with Crippen molar-refractivity contribution in [2.24, 2.45) is 0 Å². The lowest BCUT2D eigenvalue weighted by atomic mass is 9.85. The van der Waals surface area contributed by atoms with Crippen LogP contribution in [0.2, 0.25) is 0 Å². The second kappa shape index (κ2) is 5.15. The van der Waals surface area contributed by atoms with Gasteiger partial charge in [0.25, 0.3) is 0 Å². The number of benzene rings is 1. The third-order valence-electron chi connectivity index (χ3n) is 3.68. The number of rotatable bonds is 3. The molecule has 1 heterocycles. The fourth-order valence-electron chi connectivity index (χ4n) is 2.44. The molecular formula is C14H20FNO. The Bertz CT molecular complexity index is 355. The highest BCUT2D eigenvalue weighted by atomic mass is 19.1. The van der Waals surface area contributed by atoms with Crippen LogP contribution >= 0.6 is 0 Å². The van der Waals surface area contributed by atoms with Gasteiger partial charge < -0.3 is 10.0 Å². The SMILES string of the molecule is CCN1CCC(O)(Cc2ccc(F)cc2)CC1. The number of likely N-dealkylation sites (tertiary alicyclic amines) is 1. The van der Waals surface area contributed by atoms with E-state index in [1.807, 2.05) is 0 Å². The van der Waals surface area contributed by atoms with Crippen molar-refractivity contribution in [1.82, 2.24) is 4.90 Å². The van der Waals surface area contributed by atoms with E-state index < -0.39 is 5.60 Å². The Hall–Kier alpha value is -0.930. The van der Waals surface area contributed by atoms with Crippen LogP contribution in [0.3, 0.4) is 0 Å². The van der Waals surface area contributed by atoms with Gasteiger partial charge in [0, 0.05) is 19.5 Å². The highest BCUT2D eigenvalue weighted by Gasteiger charge is 2.31. The summed E-state index contributed by atoms with van der Waals surface area (Å²) in [6.45, 7) is 5.10. The van der Waals surface area contributed by atoms with E-state index in [0.29, 0.717) is 6.42 Å². The van der Waals surface area contributed by atoms with Gasteiger partial charge in [-0.2, -0.15) is 0 Å². The van der Waals surface area contributed by atoms with Crippen LogP contribution in [0, 0.1) is 5.82 Å². The van der Waals surface area contributed by atoms with E-state index in [0.717, 1.165) is 38.0 Å². The maximum atomic E-state index is 12.8. The second-order valence-corrected chi connectivity index (χ2v) is 4.96. The lowest BCUT2D eigenvalue weighted by Gasteiger charge is -2.37. The summed E-state index contributed by atoms with van der Waals surface area (Å²) in [5, 5.41) is 10.5. The first-order chi connectivity index (χ1) is 8.11. The molecule has 0 aromatic heterocycles. The van der Waals surface area contributed by atoms with Gasteiger partial charge in [-0.25, -0.2) is 4.39 Å². The Morgan fingerprint density at radius 1 is 1.24 bits per heavy atom. The average Bonchev–Trinajstić information content (AvgIpc) is 2.33. The van der Waals surface area contributed by atoms with Gasteiger partial charge in [0.05, 0.1) is 5.60 Å². The van der Waals surface area contributed by atoms with Gasteiger partial charge >= 0.3 is 0 Å². The first-order valence-corrected chi connectivity index (χ1v) is 6.30. The molecule has 17 heavy (non-hydrogen) atoms. The number of piperidine rings is 1. The summed E-state index contributed by atoms with van der Waals surface area (Å²) in [7, 11) is 0. The molecule has 0 atom stereocenters. The monoisotopic (exact) mass is 237 g/mol. The van der Waals surface area contributed by atoms with E-state index in [-0.39, 0.29) is 5.82 Å². The summed E-state index contributed by atoms with van der Waals surface area (Å²) in [5.41, 5.74) is 0.405. The molecule has 1 fully saturated rings. The first kappa shape index (κ1) is 12.5. The van der Waals surface area contributed by atoms with Gasteiger partial charge in [0.1, 0.15) is 5.82 Å². The molecule has 0 amide bonds. The Kier molecular flexibility index (Phi) is 3.79. The van der Waals surface area contributed by atoms with Crippen LogP contribution in [0.4, 0.5) is 4.39 Å². The highest BCUT2D eigenvalue weighted by molar-refractivity contribution is 5.18. The third kappa shape index (κ3) is 3.27. The molecule has 0 spiro atoms. The minimum atomic E-state index is -0.608. The maximum Gasteiger partial charge on any atom is 0.123 e. The second-order valence-electron chi connectivity index (χ2n) is 4.96. The molecule has 0 unspecified atom stereocenters. The van der Waals surface area contributed by atoms with Crippen molar-refractivity contribution >= 4 is 0 Å². The van der Waals surface area contributed by atoms with Crippen LogP contribution in [-0.2, 0) is 6.42 Å². The molecule has 94 valence electrons. The molecular weight excluding hydrogens is 217 g/mol. The number of halogens is 1. The summed E-state index contributed by atoms with van der Waals surface area (Å²) in [5.74, 6) is -0.221. The topological polar surface area (TPSA) is 23.5 Å². The molecule has 2 nitrogen and oxygen atoms in total. The lowest BCUT2D eigenvalue weighted by molar-refractivity contribution is -0.0194. The van der Waals surface area contributed by atoms with Gasteiger partial charge in [-0.05, 0) is 37.1 Å². The van der Waals surface area contributed by atoms with Crippen molar-refractivity contribution in [3.8, 4) is 0 Å². The zero-order chi connectivity index (χ0) is 12.3. The van der Waals surface area contributed by atoms with Crippen LogP contribution in [0.15, 0.2) is 24.3 Å². The largest absolute Gasteiger partial charge is 0.389 e. The highest BCUT2D eigenvalue weighted by Crippen LogP contribution is 2.26. The summed E-state index contributed by atoms with van der Waals surface area (Å²) in [6.07, 6.45) is 2.24. The van der Waals surface area contributed by atoms with Crippen molar-refractivity contribution in [2.45, 2.75) is 31.8 Å². The van der Waals surface area contributed by atoms with Crippen LogP contribution < -0.4 is 0 Å². The lowest BCUT2D eigenvalue weighted by Crippen LogP contribution is -2.45. The molecule has 1 N–H and O–H groups in total. The van der Waals surface area contributed by atoms with Gasteiger partial charge in [-0.1, -0.05) is 19.1 Å². The fraction of sp³-hybridized carbons (Fsp3) is 0.571. The van der Waals surface area contributed by atoms with Crippen molar-refractivity contribution in [3.63, 3.8) is 0 Å². The van der Waals surface area contributed by atoms with Crippen LogP contribution in [0.5, 0.6) is 0 Å². The predicted octanol–water partition coefficient (Wildman–Crippen LogP) is 2.21. The molecule has 1 aromatic rings. The van der Waals surface area contributed by atoms with E-state index in [9.17, 15) is 9.50 Å². The quantitative estimate of drug-likeness (QED) is 0.871. The van der Waals surface area contributed by atoms with Crippen LogP contribution in [-0.4, -0.2) is 35.2 Å². The van der Waals surface area contributed by atoms with Gasteiger partial charge in [0.2, 0.25) is 0 Å². The minimum absolute atomic E-state index is 0.221. The van der Waals surface area contributed by atoms with E-state index in [1.165, 1.54) is 12.1 Å². The molecule has 0 bridgehead atoms. The minimum Gasteiger partial charge on any atom is -0.389 e. The number of aliphatic hydroxyl groups is 1. The molecule has 1 aromatic carbocycles. The van der Waals surface area contributed by atoms with Crippen molar-refractivity contribution in [3.05, 3.63) is 35.6 Å². The molecule has 1 saturated heterocycles. The summed E-state index contributed by atoms with van der Waals surface area (Å²) < 4.78 is 12.8. The first-order valence-electron chi connectivity index (χ1n) is 6.30. The Balaban J connectivity index is 1.96. The molecule has 1 aliphatic rings. The molecule has 1 aliphatic heterocycles. The maximum absolute atomic E-state index is 12.8. The number of hydrogen-bond donors (Lipinski definition) is 1. The Labute approximate surface area is 102 Å². The summed E-state index contributed by atoms with van der Waals surface area (Å²) in [4.78, 5) is 2.35. The Morgan fingerprint density at radius 3 is 2.35 bits per heavy atom. The molecule has 0 saturated carbocycles. The predicted molar refractivity (Wildman–Crippen MR) is 66.4 cm³/mol. The standard InChI is InChI=1S/C14H20FNO/c1-2-16-9-7-14(17,8-10-16)11-12-3-5-13(15)6-4-12/h3-6,17H,2,7-11H2,1H3. The normalized spacial score (nSPS) is 20.4. The van der Waals surface area contributed by atoms with Gasteiger partial charge in [0.15, 0.2) is 0 Å².